The van der Waals surface area contributed by atoms with Crippen molar-refractivity contribution in [3.63, 3.8) is 0 Å². The summed E-state index contributed by atoms with van der Waals surface area (Å²) in [6.45, 7) is 3.42. The van der Waals surface area contributed by atoms with Gasteiger partial charge in [-0.15, -0.1) is 0 Å². The quantitative estimate of drug-likeness (QED) is 0.878. The summed E-state index contributed by atoms with van der Waals surface area (Å²) in [7, 11) is 0. The highest BCUT2D eigenvalue weighted by Gasteiger charge is 2.17. The fourth-order valence-corrected chi connectivity index (χ4v) is 1.89. The van der Waals surface area contributed by atoms with Crippen LogP contribution in [-0.2, 0) is 0 Å². The number of benzene rings is 1. The van der Waals surface area contributed by atoms with E-state index in [4.69, 9.17) is 11.6 Å². The Morgan fingerprint density at radius 3 is 2.72 bits per heavy atom. The van der Waals surface area contributed by atoms with Gasteiger partial charge in [-0.05, 0) is 26.0 Å². The third-order valence-corrected chi connectivity index (χ3v) is 2.87. The Bertz CT molecular complexity index is 570. The maximum atomic E-state index is 13.5. The number of rotatable bonds is 2. The second kappa shape index (κ2) is 4.78. The number of para-hydroxylation sites is 1. The van der Waals surface area contributed by atoms with Gasteiger partial charge in [0.2, 0.25) is 0 Å². The molecule has 4 nitrogen and oxygen atoms in total. The first-order valence-electron chi connectivity index (χ1n) is 5.27. The van der Waals surface area contributed by atoms with E-state index < -0.39 is 11.7 Å². The lowest BCUT2D eigenvalue weighted by Gasteiger charge is -2.08. The molecule has 94 valence electrons. The number of hydrogen-bond acceptors (Lipinski definition) is 2. The highest BCUT2D eigenvalue weighted by molar-refractivity contribution is 6.34. The molecule has 0 aliphatic heterocycles. The Kier molecular flexibility index (Phi) is 3.34. The van der Waals surface area contributed by atoms with E-state index in [0.29, 0.717) is 17.0 Å². The van der Waals surface area contributed by atoms with Crippen molar-refractivity contribution >= 4 is 23.2 Å². The largest absolute Gasteiger partial charge is 0.318 e. The molecular formula is C12H11ClFN3O. The number of aromatic amines is 1. The molecular weight excluding hydrogens is 257 g/mol. The van der Waals surface area contributed by atoms with Crippen LogP contribution in [0.15, 0.2) is 18.2 Å². The molecule has 0 aliphatic carbocycles. The molecule has 0 saturated heterocycles. The number of hydrogen-bond donors (Lipinski definition) is 2. The SMILES string of the molecule is Cc1n[nH]c(C)c1C(=O)Nc1c(F)cccc1Cl. The van der Waals surface area contributed by atoms with Crippen LogP contribution in [0, 0.1) is 19.7 Å². The van der Waals surface area contributed by atoms with Crippen LogP contribution in [0.25, 0.3) is 0 Å². The van der Waals surface area contributed by atoms with Crippen LogP contribution in [-0.4, -0.2) is 16.1 Å². The van der Waals surface area contributed by atoms with Crippen molar-refractivity contribution in [2.45, 2.75) is 13.8 Å². The summed E-state index contributed by atoms with van der Waals surface area (Å²) in [5, 5.41) is 9.22. The Morgan fingerprint density at radius 2 is 2.17 bits per heavy atom. The Labute approximate surface area is 108 Å². The predicted molar refractivity (Wildman–Crippen MR) is 67.4 cm³/mol. The fraction of sp³-hybridized carbons (Fsp3) is 0.167. The lowest BCUT2D eigenvalue weighted by atomic mass is 10.2. The number of amides is 1. The zero-order valence-electron chi connectivity index (χ0n) is 9.84. The second-order valence-corrected chi connectivity index (χ2v) is 4.27. The van der Waals surface area contributed by atoms with Gasteiger partial charge in [-0.1, -0.05) is 17.7 Å². The number of aryl methyl sites for hydroxylation is 2. The molecule has 0 bridgehead atoms. The number of carbonyl (C=O) groups is 1. The minimum atomic E-state index is -0.574. The molecule has 2 aromatic rings. The lowest BCUT2D eigenvalue weighted by molar-refractivity contribution is 0.102. The van der Waals surface area contributed by atoms with E-state index in [-0.39, 0.29) is 10.7 Å². The number of H-pyrrole nitrogens is 1. The van der Waals surface area contributed by atoms with Gasteiger partial charge in [0.1, 0.15) is 5.82 Å². The van der Waals surface area contributed by atoms with Gasteiger partial charge in [-0.2, -0.15) is 5.10 Å². The molecule has 0 unspecified atom stereocenters. The number of carbonyl (C=O) groups excluding carboxylic acids is 1. The monoisotopic (exact) mass is 267 g/mol. The number of halogens is 2. The van der Waals surface area contributed by atoms with Crippen molar-refractivity contribution in [3.8, 4) is 0 Å². The molecule has 1 heterocycles. The molecule has 2 N–H and O–H groups in total. The smallest absolute Gasteiger partial charge is 0.259 e. The molecule has 1 amide bonds. The molecule has 0 saturated carbocycles. The highest BCUT2D eigenvalue weighted by Crippen LogP contribution is 2.25. The highest BCUT2D eigenvalue weighted by atomic mass is 35.5. The summed E-state index contributed by atoms with van der Waals surface area (Å²) in [6.07, 6.45) is 0. The molecule has 0 radical (unpaired) electrons. The Hall–Kier alpha value is -1.88. The van der Waals surface area contributed by atoms with Crippen molar-refractivity contribution in [1.82, 2.24) is 10.2 Å². The molecule has 2 rings (SSSR count). The molecule has 0 fully saturated rings. The van der Waals surface area contributed by atoms with Gasteiger partial charge in [0.25, 0.3) is 5.91 Å². The topological polar surface area (TPSA) is 57.8 Å². The first-order chi connectivity index (χ1) is 8.50. The van der Waals surface area contributed by atoms with Gasteiger partial charge in [0.15, 0.2) is 0 Å². The molecule has 18 heavy (non-hydrogen) atoms. The van der Waals surface area contributed by atoms with Crippen LogP contribution >= 0.6 is 11.6 Å². The first kappa shape index (κ1) is 12.6. The number of nitrogens with one attached hydrogen (secondary N) is 2. The van der Waals surface area contributed by atoms with Gasteiger partial charge in [0, 0.05) is 5.69 Å². The van der Waals surface area contributed by atoms with Crippen molar-refractivity contribution in [3.05, 3.63) is 46.0 Å². The normalized spacial score (nSPS) is 10.4. The lowest BCUT2D eigenvalue weighted by Crippen LogP contribution is -2.15. The van der Waals surface area contributed by atoms with Crippen LogP contribution in [0.3, 0.4) is 0 Å². The van der Waals surface area contributed by atoms with E-state index >= 15 is 0 Å². The van der Waals surface area contributed by atoms with Crippen LogP contribution in [0.1, 0.15) is 21.7 Å². The Morgan fingerprint density at radius 1 is 1.44 bits per heavy atom. The maximum Gasteiger partial charge on any atom is 0.259 e. The zero-order valence-corrected chi connectivity index (χ0v) is 10.6. The number of aromatic nitrogens is 2. The van der Waals surface area contributed by atoms with Crippen molar-refractivity contribution < 1.29 is 9.18 Å². The van der Waals surface area contributed by atoms with Crippen LogP contribution in [0.4, 0.5) is 10.1 Å². The molecule has 0 spiro atoms. The maximum absolute atomic E-state index is 13.5. The summed E-state index contributed by atoms with van der Waals surface area (Å²) >= 11 is 5.84. The molecule has 6 heteroatoms. The van der Waals surface area contributed by atoms with Gasteiger partial charge in [-0.25, -0.2) is 4.39 Å². The number of nitrogens with zero attached hydrogens (tertiary/aromatic N) is 1. The van der Waals surface area contributed by atoms with Gasteiger partial charge in [-0.3, -0.25) is 9.89 Å². The van der Waals surface area contributed by atoms with Gasteiger partial charge < -0.3 is 5.32 Å². The van der Waals surface area contributed by atoms with E-state index in [2.05, 4.69) is 15.5 Å². The van der Waals surface area contributed by atoms with E-state index in [9.17, 15) is 9.18 Å². The fourth-order valence-electron chi connectivity index (χ4n) is 1.68. The minimum absolute atomic E-state index is 0.0239. The predicted octanol–water partition coefficient (Wildman–Crippen LogP) is 3.07. The third kappa shape index (κ3) is 2.22. The van der Waals surface area contributed by atoms with E-state index in [1.807, 2.05) is 0 Å². The van der Waals surface area contributed by atoms with Crippen LogP contribution in [0.5, 0.6) is 0 Å². The average molecular weight is 268 g/mol. The summed E-state index contributed by atoms with van der Waals surface area (Å²) in [6, 6.07) is 4.22. The second-order valence-electron chi connectivity index (χ2n) is 3.86. The first-order valence-corrected chi connectivity index (χ1v) is 5.65. The molecule has 1 aromatic carbocycles. The van der Waals surface area contributed by atoms with E-state index in [0.717, 1.165) is 0 Å². The Balaban J connectivity index is 2.33. The summed E-state index contributed by atoms with van der Waals surface area (Å²) in [5.41, 5.74) is 1.55. The van der Waals surface area contributed by atoms with Crippen molar-refractivity contribution in [1.29, 1.82) is 0 Å². The zero-order chi connectivity index (χ0) is 13.3. The standard InChI is InChI=1S/C12H11ClFN3O/c1-6-10(7(2)17-16-6)12(18)15-11-8(13)4-3-5-9(11)14/h3-5H,1-2H3,(H,15,18)(H,16,17). The average Bonchev–Trinajstić information content (AvgIpc) is 2.64. The van der Waals surface area contributed by atoms with Crippen LogP contribution in [0.2, 0.25) is 5.02 Å². The summed E-state index contributed by atoms with van der Waals surface area (Å²) in [4.78, 5) is 12.0. The van der Waals surface area contributed by atoms with Gasteiger partial charge >= 0.3 is 0 Å². The third-order valence-electron chi connectivity index (χ3n) is 2.56. The van der Waals surface area contributed by atoms with Crippen LogP contribution < -0.4 is 5.32 Å². The van der Waals surface area contributed by atoms with Crippen molar-refractivity contribution in [2.75, 3.05) is 5.32 Å². The van der Waals surface area contributed by atoms with E-state index in [1.54, 1.807) is 13.8 Å². The number of anilines is 1. The summed E-state index contributed by atoms with van der Waals surface area (Å²) in [5.74, 6) is -1.01. The van der Waals surface area contributed by atoms with E-state index in [1.165, 1.54) is 18.2 Å². The molecule has 1 aromatic heterocycles. The summed E-state index contributed by atoms with van der Waals surface area (Å²) < 4.78 is 13.5. The minimum Gasteiger partial charge on any atom is -0.318 e. The van der Waals surface area contributed by atoms with Gasteiger partial charge in [0.05, 0.1) is 22.0 Å². The molecule has 0 atom stereocenters. The van der Waals surface area contributed by atoms with Crippen molar-refractivity contribution in [2.24, 2.45) is 0 Å². The molecule has 0 aliphatic rings.